The number of halogens is 2. The van der Waals surface area contributed by atoms with Crippen molar-refractivity contribution in [3.8, 4) is 16.9 Å². The van der Waals surface area contributed by atoms with Gasteiger partial charge < -0.3 is 5.32 Å². The van der Waals surface area contributed by atoms with Gasteiger partial charge in [0.05, 0.1) is 11.4 Å². The Kier molecular flexibility index (Phi) is 4.60. The van der Waals surface area contributed by atoms with E-state index < -0.39 is 5.92 Å². The van der Waals surface area contributed by atoms with E-state index in [0.717, 1.165) is 16.8 Å². The van der Waals surface area contributed by atoms with Gasteiger partial charge in [-0.25, -0.2) is 9.07 Å². The number of hydrogen-bond acceptors (Lipinski definition) is 2. The second kappa shape index (κ2) is 7.43. The lowest BCUT2D eigenvalue weighted by Gasteiger charge is -2.25. The monoisotopic (exact) mass is 417 g/mol. The predicted octanol–water partition coefficient (Wildman–Crippen LogP) is 5.81. The second-order valence-electron chi connectivity index (χ2n) is 7.19. The van der Waals surface area contributed by atoms with Crippen LogP contribution in [0.5, 0.6) is 0 Å². The van der Waals surface area contributed by atoms with Crippen LogP contribution in [0.15, 0.2) is 78.9 Å². The fraction of sp³-hybridized carbons (Fsp3) is 0.0833. The molecule has 5 rings (SSSR count). The number of aromatic nitrogens is 2. The van der Waals surface area contributed by atoms with Gasteiger partial charge in [0.15, 0.2) is 0 Å². The summed E-state index contributed by atoms with van der Waals surface area (Å²) in [5, 5.41) is 8.42. The fourth-order valence-corrected chi connectivity index (χ4v) is 4.08. The maximum atomic E-state index is 14.7. The summed E-state index contributed by atoms with van der Waals surface area (Å²) >= 11 is 6.08. The molecule has 148 valence electrons. The van der Waals surface area contributed by atoms with Crippen molar-refractivity contribution < 1.29 is 9.18 Å². The van der Waals surface area contributed by atoms with Gasteiger partial charge in [0.25, 0.3) is 0 Å². The van der Waals surface area contributed by atoms with Crippen molar-refractivity contribution in [3.63, 3.8) is 0 Å². The van der Waals surface area contributed by atoms with Gasteiger partial charge >= 0.3 is 0 Å². The van der Waals surface area contributed by atoms with Gasteiger partial charge in [0.1, 0.15) is 11.6 Å². The molecule has 2 heterocycles. The van der Waals surface area contributed by atoms with Crippen LogP contribution in [0.25, 0.3) is 16.9 Å². The molecule has 3 aromatic carbocycles. The number of nitrogens with one attached hydrogen (secondary N) is 1. The Labute approximate surface area is 177 Å². The zero-order valence-corrected chi connectivity index (χ0v) is 16.6. The first kappa shape index (κ1) is 18.6. The van der Waals surface area contributed by atoms with E-state index in [9.17, 15) is 9.18 Å². The highest BCUT2D eigenvalue weighted by Gasteiger charge is 2.35. The number of carbonyl (C=O) groups excluding carboxylic acids is 1. The summed E-state index contributed by atoms with van der Waals surface area (Å²) in [5.74, 6) is -0.387. The number of nitrogens with zero attached hydrogens (tertiary/aromatic N) is 2. The Morgan fingerprint density at radius 3 is 2.40 bits per heavy atom. The third kappa shape index (κ3) is 3.17. The number of benzene rings is 3. The minimum absolute atomic E-state index is 0.148. The van der Waals surface area contributed by atoms with E-state index in [1.54, 1.807) is 35.0 Å². The average Bonchev–Trinajstić information content (AvgIpc) is 3.14. The summed E-state index contributed by atoms with van der Waals surface area (Å²) < 4.78 is 16.4. The molecule has 1 atom stereocenters. The first-order valence-corrected chi connectivity index (χ1v) is 9.98. The Balaban J connectivity index is 1.79. The molecule has 1 aliphatic heterocycles. The number of rotatable bonds is 3. The molecule has 0 bridgehead atoms. The quantitative estimate of drug-likeness (QED) is 0.457. The first-order valence-electron chi connectivity index (χ1n) is 9.60. The smallest absolute Gasteiger partial charge is 0.226 e. The van der Waals surface area contributed by atoms with Crippen molar-refractivity contribution in [2.24, 2.45) is 0 Å². The third-order valence-electron chi connectivity index (χ3n) is 5.32. The van der Waals surface area contributed by atoms with E-state index in [1.807, 2.05) is 42.5 Å². The minimum Gasteiger partial charge on any atom is -0.310 e. The Morgan fingerprint density at radius 2 is 1.67 bits per heavy atom. The van der Waals surface area contributed by atoms with Crippen LogP contribution in [-0.2, 0) is 4.79 Å². The molecule has 1 amide bonds. The third-order valence-corrected chi connectivity index (χ3v) is 5.57. The van der Waals surface area contributed by atoms with E-state index in [2.05, 4.69) is 5.32 Å². The number of amides is 1. The molecule has 4 aromatic rings. The molecule has 4 nitrogen and oxygen atoms in total. The van der Waals surface area contributed by atoms with Crippen LogP contribution in [0.1, 0.15) is 23.5 Å². The average molecular weight is 418 g/mol. The number of anilines is 1. The molecule has 1 aromatic heterocycles. The lowest BCUT2D eigenvalue weighted by molar-refractivity contribution is -0.116. The number of fused-ring (bicyclic) bond motifs is 1. The summed E-state index contributed by atoms with van der Waals surface area (Å²) in [6.45, 7) is 0. The van der Waals surface area contributed by atoms with Gasteiger partial charge in [-0.15, -0.1) is 0 Å². The topological polar surface area (TPSA) is 46.9 Å². The molecular formula is C24H17ClFN3O. The van der Waals surface area contributed by atoms with E-state index in [-0.39, 0.29) is 18.1 Å². The molecular weight excluding hydrogens is 401 g/mol. The minimum atomic E-state index is -0.446. The Morgan fingerprint density at radius 1 is 0.967 bits per heavy atom. The van der Waals surface area contributed by atoms with Crippen LogP contribution in [0, 0.1) is 5.82 Å². The first-order chi connectivity index (χ1) is 14.6. The molecule has 0 fully saturated rings. The van der Waals surface area contributed by atoms with Gasteiger partial charge in [-0.1, -0.05) is 60.1 Å². The van der Waals surface area contributed by atoms with Crippen molar-refractivity contribution in [3.05, 3.63) is 101 Å². The van der Waals surface area contributed by atoms with E-state index in [4.69, 9.17) is 16.7 Å². The van der Waals surface area contributed by atoms with E-state index in [0.29, 0.717) is 22.1 Å². The van der Waals surface area contributed by atoms with E-state index >= 15 is 0 Å². The molecule has 0 saturated heterocycles. The van der Waals surface area contributed by atoms with Gasteiger partial charge in [-0.05, 0) is 35.9 Å². The standard InChI is InChI=1S/C24H17ClFN3O/c25-16-12-10-15(11-13-16)23-22-19(18-8-4-5-9-20(18)26)14-21(30)27-24(22)29(28-23)17-6-2-1-3-7-17/h1-13,19H,14H2,(H,27,30)/t19-/m0/s1. The molecule has 0 aliphatic carbocycles. The summed E-state index contributed by atoms with van der Waals surface area (Å²) in [6, 6.07) is 23.5. The lowest BCUT2D eigenvalue weighted by atomic mass is 9.84. The zero-order chi connectivity index (χ0) is 20.7. The Bertz CT molecular complexity index is 1240. The molecule has 1 aliphatic rings. The molecule has 0 saturated carbocycles. The molecule has 1 N–H and O–H groups in total. The number of hydrogen-bond donors (Lipinski definition) is 1. The van der Waals surface area contributed by atoms with Crippen LogP contribution in [-0.4, -0.2) is 15.7 Å². The van der Waals surface area contributed by atoms with Gasteiger partial charge in [0.2, 0.25) is 5.91 Å². The molecule has 0 unspecified atom stereocenters. The largest absolute Gasteiger partial charge is 0.310 e. The molecule has 0 radical (unpaired) electrons. The maximum absolute atomic E-state index is 14.7. The lowest BCUT2D eigenvalue weighted by Crippen LogP contribution is -2.25. The number of carbonyl (C=O) groups is 1. The fourth-order valence-electron chi connectivity index (χ4n) is 3.95. The SMILES string of the molecule is O=C1C[C@@H](c2ccccc2F)c2c(-c3ccc(Cl)cc3)nn(-c3ccccc3)c2N1. The molecule has 30 heavy (non-hydrogen) atoms. The van der Waals surface area contributed by atoms with Gasteiger partial charge in [0, 0.05) is 28.5 Å². The molecule has 0 spiro atoms. The maximum Gasteiger partial charge on any atom is 0.226 e. The number of para-hydroxylation sites is 1. The van der Waals surface area contributed by atoms with Crippen LogP contribution in [0.2, 0.25) is 5.02 Å². The normalized spacial score (nSPS) is 15.5. The van der Waals surface area contributed by atoms with E-state index in [1.165, 1.54) is 6.07 Å². The Hall–Kier alpha value is -3.44. The highest BCUT2D eigenvalue weighted by atomic mass is 35.5. The second-order valence-corrected chi connectivity index (χ2v) is 7.63. The van der Waals surface area contributed by atoms with Crippen molar-refractivity contribution in [2.75, 3.05) is 5.32 Å². The van der Waals surface area contributed by atoms with Crippen LogP contribution in [0.3, 0.4) is 0 Å². The van der Waals surface area contributed by atoms with Crippen molar-refractivity contribution in [1.29, 1.82) is 0 Å². The van der Waals surface area contributed by atoms with Crippen LogP contribution >= 0.6 is 11.6 Å². The highest BCUT2D eigenvalue weighted by molar-refractivity contribution is 6.30. The van der Waals surface area contributed by atoms with Gasteiger partial charge in [-0.3, -0.25) is 4.79 Å². The highest BCUT2D eigenvalue weighted by Crippen LogP contribution is 2.44. The predicted molar refractivity (Wildman–Crippen MR) is 115 cm³/mol. The zero-order valence-electron chi connectivity index (χ0n) is 15.8. The van der Waals surface area contributed by atoms with Gasteiger partial charge in [-0.2, -0.15) is 5.10 Å². The van der Waals surface area contributed by atoms with Crippen LogP contribution in [0.4, 0.5) is 10.2 Å². The summed E-state index contributed by atoms with van der Waals surface area (Å²) in [7, 11) is 0. The summed E-state index contributed by atoms with van der Waals surface area (Å²) in [5.41, 5.74) is 3.63. The van der Waals surface area contributed by atoms with Crippen molar-refractivity contribution >= 4 is 23.3 Å². The molecule has 6 heteroatoms. The van der Waals surface area contributed by atoms with Crippen LogP contribution < -0.4 is 5.32 Å². The summed E-state index contributed by atoms with van der Waals surface area (Å²) in [6.07, 6.45) is 0.148. The summed E-state index contributed by atoms with van der Waals surface area (Å²) in [4.78, 5) is 12.6. The van der Waals surface area contributed by atoms with Crippen molar-refractivity contribution in [2.45, 2.75) is 12.3 Å². The van der Waals surface area contributed by atoms with Crippen molar-refractivity contribution in [1.82, 2.24) is 9.78 Å².